The first-order chi connectivity index (χ1) is 15.0. The summed E-state index contributed by atoms with van der Waals surface area (Å²) in [7, 11) is 1.10. The first kappa shape index (κ1) is 27.7. The van der Waals surface area contributed by atoms with E-state index in [1.54, 1.807) is 0 Å². The van der Waals surface area contributed by atoms with Gasteiger partial charge in [-0.05, 0) is 24.3 Å². The van der Waals surface area contributed by atoms with Crippen molar-refractivity contribution in [2.45, 2.75) is 42.2 Å². The third kappa shape index (κ3) is 3.77. The Labute approximate surface area is 178 Å². The molecule has 5 nitrogen and oxygen atoms in total. The molecule has 0 aliphatic carbocycles. The van der Waals surface area contributed by atoms with Crippen LogP contribution in [0, 0.1) is 0 Å². The predicted molar refractivity (Wildman–Crippen MR) is 79.2 cm³/mol. The van der Waals surface area contributed by atoms with E-state index in [4.69, 9.17) is 0 Å². The summed E-state index contributed by atoms with van der Waals surface area (Å²) in [6.45, 7) is 0. The molecule has 34 heavy (non-hydrogen) atoms. The number of rotatable bonds is 4. The average Bonchev–Trinajstić information content (AvgIpc) is 2.64. The minimum absolute atomic E-state index is 0.0178. The molecule has 1 amide bonds. The van der Waals surface area contributed by atoms with Crippen molar-refractivity contribution in [1.29, 1.82) is 0 Å². The number of halogens is 14. The molecule has 1 aromatic carbocycles. The molecule has 0 bridgehead atoms. The van der Waals surface area contributed by atoms with Gasteiger partial charge in [0.25, 0.3) is 0 Å². The summed E-state index contributed by atoms with van der Waals surface area (Å²) in [5.74, 6) is -18.3. The lowest BCUT2D eigenvalue weighted by atomic mass is 10.0. The van der Waals surface area contributed by atoms with Crippen molar-refractivity contribution in [2.24, 2.45) is 0 Å². The maximum atomic E-state index is 14.4. The third-order valence-corrected chi connectivity index (χ3v) is 4.25. The van der Waals surface area contributed by atoms with Crippen LogP contribution < -0.4 is 10.1 Å². The van der Waals surface area contributed by atoms with Crippen LogP contribution in [0.4, 0.5) is 67.2 Å². The fourth-order valence-electron chi connectivity index (χ4n) is 2.57. The zero-order valence-electron chi connectivity index (χ0n) is 15.8. The van der Waals surface area contributed by atoms with Crippen molar-refractivity contribution < 1.29 is 75.7 Å². The molecule has 1 fully saturated rings. The molecular weight excluding hydrogens is 522 g/mol. The number of nitrogens with zero attached hydrogens (tertiary/aromatic N) is 1. The summed E-state index contributed by atoms with van der Waals surface area (Å²) in [6, 6.07) is -18.7. The maximum absolute atomic E-state index is 14.4. The van der Waals surface area contributed by atoms with E-state index in [1.807, 2.05) is 4.74 Å². The summed E-state index contributed by atoms with van der Waals surface area (Å²) in [5.41, 5.74) is -0.852. The van der Waals surface area contributed by atoms with Crippen LogP contribution in [0.3, 0.4) is 0 Å². The van der Waals surface area contributed by atoms with Gasteiger partial charge in [-0.15, -0.1) is 4.90 Å². The van der Waals surface area contributed by atoms with Crippen LogP contribution in [0.25, 0.3) is 0 Å². The van der Waals surface area contributed by atoms with Gasteiger partial charge < -0.3 is 10.1 Å². The van der Waals surface area contributed by atoms with E-state index in [9.17, 15) is 66.3 Å². The minimum Gasteiger partial charge on any atom is -0.497 e. The molecule has 0 spiro atoms. The van der Waals surface area contributed by atoms with Crippen LogP contribution in [0.1, 0.15) is 0 Å². The van der Waals surface area contributed by atoms with Gasteiger partial charge in [0.15, 0.2) is 0 Å². The normalized spacial score (nSPS) is 27.9. The fraction of sp³-hybridized carbons (Fsp3) is 0.533. The largest absolute Gasteiger partial charge is 0.497 e. The highest BCUT2D eigenvalue weighted by atomic mass is 19.4. The van der Waals surface area contributed by atoms with Gasteiger partial charge in [-0.25, -0.2) is 0 Å². The molecule has 194 valence electrons. The van der Waals surface area contributed by atoms with E-state index in [0.29, 0.717) is 12.1 Å². The van der Waals surface area contributed by atoms with Crippen molar-refractivity contribution in [3.8, 4) is 5.75 Å². The van der Waals surface area contributed by atoms with Gasteiger partial charge in [0, 0.05) is 5.69 Å². The Balaban J connectivity index is 2.70. The van der Waals surface area contributed by atoms with Crippen molar-refractivity contribution >= 4 is 11.6 Å². The molecule has 1 aliphatic heterocycles. The molecule has 1 aliphatic rings. The van der Waals surface area contributed by atoms with Gasteiger partial charge in [-0.1, -0.05) is 0 Å². The number of nitrogens with one attached hydrogen (secondary N) is 1. The molecule has 0 aromatic heterocycles. The van der Waals surface area contributed by atoms with E-state index in [-0.39, 0.29) is 5.75 Å². The van der Waals surface area contributed by atoms with E-state index in [1.165, 1.54) is 0 Å². The number of morpholine rings is 1. The summed E-state index contributed by atoms with van der Waals surface area (Å²) in [4.78, 5) is 7.97. The van der Waals surface area contributed by atoms with Crippen LogP contribution in [0.5, 0.6) is 5.75 Å². The van der Waals surface area contributed by atoms with E-state index in [2.05, 4.69) is 4.74 Å². The number of hydrogen-bond donors (Lipinski definition) is 1. The zero-order valence-corrected chi connectivity index (χ0v) is 15.8. The molecular formula is C15H8F14N2O3. The Morgan fingerprint density at radius 1 is 0.824 bits per heavy atom. The van der Waals surface area contributed by atoms with Crippen LogP contribution in [0.15, 0.2) is 24.3 Å². The van der Waals surface area contributed by atoms with E-state index >= 15 is 0 Å². The number of amides is 1. The Morgan fingerprint density at radius 2 is 1.21 bits per heavy atom. The number of methoxy groups -OCH3 is 1. The van der Waals surface area contributed by atoms with Gasteiger partial charge in [0.1, 0.15) is 5.75 Å². The van der Waals surface area contributed by atoms with Gasteiger partial charge in [0.05, 0.1) is 7.11 Å². The van der Waals surface area contributed by atoms with E-state index < -0.39 is 58.7 Å². The molecule has 0 unspecified atom stereocenters. The lowest BCUT2D eigenvalue weighted by molar-refractivity contribution is -0.592. The average molecular weight is 530 g/mol. The highest BCUT2D eigenvalue weighted by Crippen LogP contribution is 2.64. The second-order valence-corrected chi connectivity index (χ2v) is 6.43. The molecule has 0 saturated carbocycles. The van der Waals surface area contributed by atoms with Gasteiger partial charge in [-0.2, -0.15) is 61.5 Å². The van der Waals surface area contributed by atoms with E-state index in [0.717, 1.165) is 24.6 Å². The SMILES string of the molecule is COc1ccc(NC(=O)C(F)(F)N2C(F)(F)[C@](F)(C(F)(F)F)O[C@](F)(C(F)(F)F)C2(F)F)cc1. The minimum atomic E-state index is -7.50. The smallest absolute Gasteiger partial charge is 0.456 e. The lowest BCUT2D eigenvalue weighted by Crippen LogP contribution is -2.85. The number of carbonyl (C=O) groups is 1. The molecule has 1 heterocycles. The van der Waals surface area contributed by atoms with Crippen molar-refractivity contribution in [3.63, 3.8) is 0 Å². The van der Waals surface area contributed by atoms with Crippen LogP contribution in [-0.4, -0.2) is 60.1 Å². The van der Waals surface area contributed by atoms with Gasteiger partial charge in [-0.3, -0.25) is 9.53 Å². The summed E-state index contributed by atoms with van der Waals surface area (Å²) < 4.78 is 197. The second-order valence-electron chi connectivity index (χ2n) is 6.43. The Morgan fingerprint density at radius 3 is 1.53 bits per heavy atom. The van der Waals surface area contributed by atoms with Crippen molar-refractivity contribution in [3.05, 3.63) is 24.3 Å². The Bertz CT molecular complexity index is 894. The first-order valence-electron chi connectivity index (χ1n) is 8.11. The molecule has 19 heteroatoms. The second kappa shape index (κ2) is 7.72. The summed E-state index contributed by atoms with van der Waals surface area (Å²) in [5, 5.41) is 0.938. The van der Waals surface area contributed by atoms with Crippen LogP contribution in [0.2, 0.25) is 0 Å². The molecule has 0 radical (unpaired) electrons. The molecule has 2 atom stereocenters. The summed E-state index contributed by atoms with van der Waals surface area (Å²) >= 11 is 0. The highest BCUT2D eigenvalue weighted by Gasteiger charge is 2.95. The highest BCUT2D eigenvalue weighted by molar-refractivity contribution is 5.95. The predicted octanol–water partition coefficient (Wildman–Crippen LogP) is 5.20. The molecule has 1 N–H and O–H groups in total. The Hall–Kier alpha value is -2.57. The first-order valence-corrected chi connectivity index (χ1v) is 8.11. The van der Waals surface area contributed by atoms with Crippen LogP contribution in [-0.2, 0) is 9.53 Å². The van der Waals surface area contributed by atoms with Crippen LogP contribution >= 0.6 is 0 Å². The van der Waals surface area contributed by atoms with Gasteiger partial charge in [0.2, 0.25) is 0 Å². The number of alkyl halides is 14. The number of carbonyl (C=O) groups excluding carboxylic acids is 1. The summed E-state index contributed by atoms with van der Waals surface area (Å²) in [6.07, 6.45) is -15.0. The molecule has 2 rings (SSSR count). The van der Waals surface area contributed by atoms with Crippen molar-refractivity contribution in [1.82, 2.24) is 4.90 Å². The number of benzene rings is 1. The maximum Gasteiger partial charge on any atom is 0.456 e. The Kier molecular flexibility index (Phi) is 6.28. The zero-order chi connectivity index (χ0) is 26.8. The molecule has 1 aromatic rings. The third-order valence-electron chi connectivity index (χ3n) is 4.25. The number of anilines is 1. The number of hydrogen-bond acceptors (Lipinski definition) is 4. The number of ether oxygens (including phenoxy) is 2. The quantitative estimate of drug-likeness (QED) is 0.430. The fourth-order valence-corrected chi connectivity index (χ4v) is 2.57. The standard InChI is InChI=1S/C15H8F14N2O3/c1-33-7-4-2-6(3-5-7)30-8(32)9(16,17)31-14(26,27)10(18,12(20,21)22)34-11(19,13(23,24)25)15(31,28)29/h2-5H,1H3,(H,30,32)/t10-,11+. The van der Waals surface area contributed by atoms with Gasteiger partial charge >= 0.3 is 48.1 Å². The topological polar surface area (TPSA) is 50.8 Å². The monoisotopic (exact) mass is 530 g/mol. The lowest BCUT2D eigenvalue weighted by Gasteiger charge is -2.54. The van der Waals surface area contributed by atoms with Crippen molar-refractivity contribution in [2.75, 3.05) is 12.4 Å². The molecule has 1 saturated heterocycles.